The molecule has 3 aromatic rings. The Hall–Kier alpha value is -2.94. The van der Waals surface area contributed by atoms with Crippen LogP contribution in [0, 0.1) is 5.41 Å². The zero-order valence-corrected chi connectivity index (χ0v) is 22.2. The van der Waals surface area contributed by atoms with Gasteiger partial charge >= 0.3 is 5.97 Å². The number of carbonyl (C=O) groups is 2. The molecule has 1 amide bonds. The molecule has 7 nitrogen and oxygen atoms in total. The Kier molecular flexibility index (Phi) is 7.24. The van der Waals surface area contributed by atoms with Crippen LogP contribution in [0.4, 0.5) is 0 Å². The van der Waals surface area contributed by atoms with Gasteiger partial charge in [-0.05, 0) is 47.9 Å². The summed E-state index contributed by atoms with van der Waals surface area (Å²) < 4.78 is 5.45. The third-order valence-electron chi connectivity index (χ3n) is 7.34. The first kappa shape index (κ1) is 26.7. The number of amides is 1. The lowest BCUT2D eigenvalue weighted by molar-refractivity contribution is -0.509. The van der Waals surface area contributed by atoms with E-state index in [-0.39, 0.29) is 32.5 Å². The maximum Gasteiger partial charge on any atom is 0.327 e. The molecule has 0 bridgehead atoms. The summed E-state index contributed by atoms with van der Waals surface area (Å²) in [5, 5.41) is 12.8. The van der Waals surface area contributed by atoms with Gasteiger partial charge in [-0.15, -0.1) is 0 Å². The summed E-state index contributed by atoms with van der Waals surface area (Å²) in [5.41, 5.74) is -1.56. The molecule has 9 heteroatoms. The van der Waals surface area contributed by atoms with Crippen LogP contribution in [0.15, 0.2) is 78.9 Å². The van der Waals surface area contributed by atoms with Crippen molar-refractivity contribution in [2.75, 3.05) is 13.2 Å². The minimum Gasteiger partial charge on any atom is -0.465 e. The fraction of sp³-hybridized carbons (Fsp3) is 0.310. The lowest BCUT2D eigenvalue weighted by Gasteiger charge is -2.55. The Morgan fingerprint density at radius 2 is 1.53 bits per heavy atom. The first-order chi connectivity index (χ1) is 18.2. The first-order valence-electron chi connectivity index (χ1n) is 12.4. The number of benzene rings is 3. The highest BCUT2D eigenvalue weighted by molar-refractivity contribution is 6.30. The van der Waals surface area contributed by atoms with Crippen LogP contribution in [0.1, 0.15) is 36.5 Å². The second-order valence-corrected chi connectivity index (χ2v) is 10.4. The fourth-order valence-corrected chi connectivity index (χ4v) is 5.59. The normalized spacial score (nSPS) is 24.5. The van der Waals surface area contributed by atoms with E-state index in [1.807, 2.05) is 30.3 Å². The Balaban J connectivity index is 1.67. The van der Waals surface area contributed by atoms with E-state index >= 15 is 0 Å². The van der Waals surface area contributed by atoms with E-state index < -0.39 is 28.7 Å². The van der Waals surface area contributed by atoms with E-state index in [1.165, 1.54) is 0 Å². The minimum atomic E-state index is -2.24. The maximum absolute atomic E-state index is 14.4. The van der Waals surface area contributed by atoms with Crippen LogP contribution in [-0.4, -0.2) is 40.8 Å². The number of ether oxygens (including phenoxy) is 1. The highest BCUT2D eigenvalue weighted by atomic mass is 35.5. The van der Waals surface area contributed by atoms with Crippen molar-refractivity contribution in [1.82, 2.24) is 4.90 Å². The van der Waals surface area contributed by atoms with E-state index in [2.05, 4.69) is 0 Å². The smallest absolute Gasteiger partial charge is 0.327 e. The molecule has 0 spiro atoms. The first-order valence-corrected chi connectivity index (χ1v) is 13.1. The predicted molar refractivity (Wildman–Crippen MR) is 141 cm³/mol. The molecular formula is C29H27Cl2NO6. The van der Waals surface area contributed by atoms with Gasteiger partial charge in [0.2, 0.25) is 17.1 Å². The molecule has 2 fully saturated rings. The quantitative estimate of drug-likeness (QED) is 0.253. The Morgan fingerprint density at radius 1 is 0.947 bits per heavy atom. The average molecular weight is 556 g/mol. The van der Waals surface area contributed by atoms with Crippen LogP contribution in [0.25, 0.3) is 0 Å². The van der Waals surface area contributed by atoms with Gasteiger partial charge in [0.25, 0.3) is 0 Å². The van der Waals surface area contributed by atoms with Crippen molar-refractivity contribution in [3.05, 3.63) is 106 Å². The molecule has 1 N–H and O–H groups in total. The molecule has 2 atom stereocenters. The molecule has 2 heterocycles. The van der Waals surface area contributed by atoms with Crippen LogP contribution >= 0.6 is 23.2 Å². The number of piperidine rings is 1. The van der Waals surface area contributed by atoms with Crippen LogP contribution in [0.2, 0.25) is 10.0 Å². The van der Waals surface area contributed by atoms with Crippen molar-refractivity contribution in [1.29, 1.82) is 0 Å². The van der Waals surface area contributed by atoms with Crippen LogP contribution in [-0.2, 0) is 36.2 Å². The molecule has 2 aliphatic heterocycles. The third-order valence-corrected chi connectivity index (χ3v) is 7.84. The highest BCUT2D eigenvalue weighted by Crippen LogP contribution is 2.57. The Labute approximate surface area is 230 Å². The summed E-state index contributed by atoms with van der Waals surface area (Å²) in [6.07, 6.45) is -0.329. The highest BCUT2D eigenvalue weighted by Gasteiger charge is 2.73. The standard InChI is InChI=1S/C29H27Cl2NO6/c1-2-36-26(34)27-19-28(21-8-12-23(30)13-9-21,22-10-14-24(31)15-11-22)37-38-29(27,35)16-17-32(25(27)33)18-20-6-4-3-5-7-20/h3-15,35H,2,16-19H2,1H3. The van der Waals surface area contributed by atoms with Gasteiger partial charge in [-0.25, -0.2) is 4.89 Å². The van der Waals surface area contributed by atoms with Crippen molar-refractivity contribution in [2.45, 2.75) is 37.7 Å². The molecule has 0 aromatic heterocycles. The number of hydrogen-bond acceptors (Lipinski definition) is 6. The van der Waals surface area contributed by atoms with Gasteiger partial charge in [0.15, 0.2) is 5.60 Å². The number of nitrogens with zero attached hydrogens (tertiary/aromatic N) is 1. The van der Waals surface area contributed by atoms with Gasteiger partial charge in [-0.1, -0.05) is 77.8 Å². The lowest BCUT2D eigenvalue weighted by Crippen LogP contribution is -2.72. The van der Waals surface area contributed by atoms with Gasteiger partial charge in [0.05, 0.1) is 6.61 Å². The number of halogens is 2. The summed E-state index contributed by atoms with van der Waals surface area (Å²) in [5.74, 6) is -3.71. The zero-order chi connectivity index (χ0) is 27.0. The van der Waals surface area contributed by atoms with Gasteiger partial charge < -0.3 is 14.7 Å². The maximum atomic E-state index is 14.4. The van der Waals surface area contributed by atoms with E-state index in [1.54, 1.807) is 60.4 Å². The SMILES string of the molecule is CCOC(=O)C12CC(c3ccc(Cl)cc3)(c3ccc(Cl)cc3)OOC1(O)CCN(Cc1ccccc1)C2=O. The molecule has 198 valence electrons. The molecule has 0 saturated carbocycles. The number of fused-ring (bicyclic) bond motifs is 1. The molecular weight excluding hydrogens is 529 g/mol. The van der Waals surface area contributed by atoms with Crippen LogP contribution < -0.4 is 0 Å². The molecule has 5 rings (SSSR count). The second kappa shape index (κ2) is 10.3. The fourth-order valence-electron chi connectivity index (χ4n) is 5.34. The number of hydrogen-bond donors (Lipinski definition) is 1. The topological polar surface area (TPSA) is 85.3 Å². The van der Waals surface area contributed by atoms with Crippen molar-refractivity contribution < 1.29 is 29.2 Å². The number of esters is 1. The average Bonchev–Trinajstić information content (AvgIpc) is 2.92. The van der Waals surface area contributed by atoms with Gasteiger partial charge in [-0.3, -0.25) is 9.59 Å². The van der Waals surface area contributed by atoms with Crippen molar-refractivity contribution in [3.8, 4) is 0 Å². The predicted octanol–water partition coefficient (Wildman–Crippen LogP) is 5.26. The summed E-state index contributed by atoms with van der Waals surface area (Å²) in [6.45, 7) is 2.07. The molecule has 2 aliphatic rings. The number of rotatable bonds is 6. The molecule has 2 unspecified atom stereocenters. The van der Waals surface area contributed by atoms with Gasteiger partial charge in [0.1, 0.15) is 0 Å². The monoisotopic (exact) mass is 555 g/mol. The van der Waals surface area contributed by atoms with E-state index in [9.17, 15) is 14.7 Å². The molecule has 3 aromatic carbocycles. The Bertz CT molecular complexity index is 1270. The van der Waals surface area contributed by atoms with Gasteiger partial charge in [-0.2, -0.15) is 4.89 Å². The van der Waals surface area contributed by atoms with Gasteiger partial charge in [0, 0.05) is 36.0 Å². The second-order valence-electron chi connectivity index (χ2n) is 9.56. The lowest BCUT2D eigenvalue weighted by atomic mass is 9.63. The van der Waals surface area contributed by atoms with Crippen molar-refractivity contribution in [2.24, 2.45) is 5.41 Å². The molecule has 38 heavy (non-hydrogen) atoms. The minimum absolute atomic E-state index is 0.0123. The van der Waals surface area contributed by atoms with E-state index in [0.29, 0.717) is 21.2 Å². The van der Waals surface area contributed by atoms with Crippen LogP contribution in [0.3, 0.4) is 0 Å². The van der Waals surface area contributed by atoms with E-state index in [4.69, 9.17) is 37.7 Å². The molecule has 2 saturated heterocycles. The number of likely N-dealkylation sites (tertiary alicyclic amines) is 1. The Morgan fingerprint density at radius 3 is 2.08 bits per heavy atom. The third kappa shape index (κ3) is 4.38. The van der Waals surface area contributed by atoms with E-state index in [0.717, 1.165) is 5.56 Å². The van der Waals surface area contributed by atoms with Crippen LogP contribution in [0.5, 0.6) is 0 Å². The number of carbonyl (C=O) groups excluding carboxylic acids is 2. The molecule has 0 radical (unpaired) electrons. The largest absolute Gasteiger partial charge is 0.465 e. The van der Waals surface area contributed by atoms with Crippen molar-refractivity contribution in [3.63, 3.8) is 0 Å². The van der Waals surface area contributed by atoms with Crippen molar-refractivity contribution >= 4 is 35.1 Å². The molecule has 0 aliphatic carbocycles. The summed E-state index contributed by atoms with van der Waals surface area (Å²) in [4.78, 5) is 41.5. The summed E-state index contributed by atoms with van der Waals surface area (Å²) in [6, 6.07) is 23.1. The zero-order valence-electron chi connectivity index (χ0n) is 20.7. The summed E-state index contributed by atoms with van der Waals surface area (Å²) in [7, 11) is 0. The summed E-state index contributed by atoms with van der Waals surface area (Å²) >= 11 is 12.3. The number of aliphatic hydroxyl groups is 1.